The molecule has 154 valence electrons. The molecule has 0 N–H and O–H groups in total. The molecule has 4 rings (SSSR count). The van der Waals surface area contributed by atoms with Gasteiger partial charge >= 0.3 is 0 Å². The lowest BCUT2D eigenvalue weighted by molar-refractivity contribution is 0.0724. The van der Waals surface area contributed by atoms with Crippen LogP contribution in [0.4, 0.5) is 0 Å². The van der Waals surface area contributed by atoms with Crippen LogP contribution < -0.4 is 0 Å². The molecule has 0 aliphatic carbocycles. The third-order valence-corrected chi connectivity index (χ3v) is 5.46. The number of aromatic nitrogens is 2. The Kier molecular flexibility index (Phi) is 6.18. The van der Waals surface area contributed by atoms with Gasteiger partial charge in [-0.05, 0) is 44.4 Å². The van der Waals surface area contributed by atoms with Gasteiger partial charge in [0.05, 0.1) is 22.4 Å². The number of amides is 1. The number of piperidine rings is 1. The van der Waals surface area contributed by atoms with E-state index in [1.165, 1.54) is 6.42 Å². The highest BCUT2D eigenvalue weighted by Gasteiger charge is 2.20. The van der Waals surface area contributed by atoms with Gasteiger partial charge in [-0.1, -0.05) is 42.8 Å². The Morgan fingerprint density at radius 3 is 2.55 bits per heavy atom. The van der Waals surface area contributed by atoms with Crippen LogP contribution in [0.15, 0.2) is 59.6 Å². The lowest BCUT2D eigenvalue weighted by Gasteiger charge is -2.26. The number of terminal acetylenes is 1. The molecule has 0 radical (unpaired) electrons. The Morgan fingerprint density at radius 2 is 1.84 bits per heavy atom. The highest BCUT2D eigenvalue weighted by molar-refractivity contribution is 6.12. The van der Waals surface area contributed by atoms with E-state index >= 15 is 0 Å². The minimum Gasteiger partial charge on any atom is -0.339 e. The first-order valence-electron chi connectivity index (χ1n) is 10.5. The van der Waals surface area contributed by atoms with E-state index in [4.69, 9.17) is 16.4 Å². The first kappa shape index (κ1) is 20.5. The zero-order chi connectivity index (χ0) is 21.6. The van der Waals surface area contributed by atoms with E-state index < -0.39 is 0 Å². The third-order valence-electron chi connectivity index (χ3n) is 5.46. The topological polar surface area (TPSA) is 58.5 Å². The number of rotatable bonds is 4. The molecule has 2 heterocycles. The second-order valence-electron chi connectivity index (χ2n) is 7.47. The molecule has 2 aromatic carbocycles. The van der Waals surface area contributed by atoms with Crippen LogP contribution in [-0.2, 0) is 0 Å². The summed E-state index contributed by atoms with van der Waals surface area (Å²) >= 11 is 0. The Labute approximate surface area is 182 Å². The van der Waals surface area contributed by atoms with Crippen LogP contribution in [0, 0.1) is 12.5 Å². The van der Waals surface area contributed by atoms with Crippen LogP contribution in [0.5, 0.6) is 0 Å². The molecule has 0 unspecified atom stereocenters. The Bertz CT molecular complexity index is 1200. The number of fused-ring (bicyclic) bond motifs is 1. The van der Waals surface area contributed by atoms with Crippen molar-refractivity contribution >= 4 is 28.7 Å². The second-order valence-corrected chi connectivity index (χ2v) is 7.47. The standard InChI is InChI=1S/C26H24N4O/c1-3-19(18-27-4-2)24-25(20-11-7-5-8-12-20)28-22-14-13-21(17-23(22)29-24)26(31)30-15-9-6-10-16-30/h2-3,5,7-8,11-14,17-18H,6,9-10,15-16H2,1H3/b19-3+,27-18?. The first-order valence-corrected chi connectivity index (χ1v) is 10.5. The van der Waals surface area contributed by atoms with Crippen LogP contribution in [0.25, 0.3) is 27.9 Å². The molecule has 5 heteroatoms. The number of aliphatic imine (C=N–C) groups is 1. The molecular weight excluding hydrogens is 384 g/mol. The van der Waals surface area contributed by atoms with Crippen molar-refractivity contribution in [3.05, 3.63) is 65.9 Å². The van der Waals surface area contributed by atoms with Crippen molar-refractivity contribution < 1.29 is 4.79 Å². The van der Waals surface area contributed by atoms with Crippen LogP contribution in [0.3, 0.4) is 0 Å². The number of carbonyl (C=O) groups excluding carboxylic acids is 1. The molecule has 1 aromatic heterocycles. The molecule has 0 spiro atoms. The molecule has 3 aromatic rings. The quantitative estimate of drug-likeness (QED) is 0.451. The second kappa shape index (κ2) is 9.36. The highest BCUT2D eigenvalue weighted by atomic mass is 16.2. The molecule has 0 atom stereocenters. The van der Waals surface area contributed by atoms with E-state index in [9.17, 15) is 4.79 Å². The van der Waals surface area contributed by atoms with Crippen molar-refractivity contribution in [3.8, 4) is 23.7 Å². The number of carbonyl (C=O) groups is 1. The van der Waals surface area contributed by atoms with Crippen LogP contribution in [-0.4, -0.2) is 40.1 Å². The van der Waals surface area contributed by atoms with Crippen LogP contribution >= 0.6 is 0 Å². The Morgan fingerprint density at radius 1 is 1.06 bits per heavy atom. The van der Waals surface area contributed by atoms with E-state index in [0.29, 0.717) is 16.8 Å². The number of hydrogen-bond donors (Lipinski definition) is 0. The van der Waals surface area contributed by atoms with Crippen LogP contribution in [0.2, 0.25) is 0 Å². The molecule has 0 bridgehead atoms. The number of likely N-dealkylation sites (tertiary alicyclic amines) is 1. The van der Waals surface area contributed by atoms with Crippen LogP contribution in [0.1, 0.15) is 42.2 Å². The molecule has 1 saturated heterocycles. The van der Waals surface area contributed by atoms with Crippen molar-refractivity contribution in [2.75, 3.05) is 13.1 Å². The highest BCUT2D eigenvalue weighted by Crippen LogP contribution is 2.28. The van der Waals surface area contributed by atoms with Gasteiger partial charge in [-0.2, -0.15) is 0 Å². The van der Waals surface area contributed by atoms with E-state index in [1.807, 2.05) is 66.4 Å². The average Bonchev–Trinajstić information content (AvgIpc) is 2.84. The zero-order valence-electron chi connectivity index (χ0n) is 17.6. The molecule has 1 aliphatic heterocycles. The lowest BCUT2D eigenvalue weighted by atomic mass is 10.0. The molecule has 5 nitrogen and oxygen atoms in total. The molecule has 1 fully saturated rings. The van der Waals surface area contributed by atoms with Crippen molar-refractivity contribution in [1.82, 2.24) is 14.9 Å². The number of allylic oxidation sites excluding steroid dienone is 2. The first-order chi connectivity index (χ1) is 15.2. The van der Waals surface area contributed by atoms with E-state index in [1.54, 1.807) is 6.21 Å². The summed E-state index contributed by atoms with van der Waals surface area (Å²) in [6.45, 7) is 3.53. The van der Waals surface area contributed by atoms with Gasteiger partial charge in [-0.15, -0.1) is 0 Å². The van der Waals surface area contributed by atoms with Gasteiger partial charge in [0.15, 0.2) is 0 Å². The molecule has 0 saturated carbocycles. The largest absolute Gasteiger partial charge is 0.339 e. The fraction of sp³-hybridized carbons (Fsp3) is 0.231. The summed E-state index contributed by atoms with van der Waals surface area (Å²) in [6.07, 6.45) is 12.1. The molecule has 31 heavy (non-hydrogen) atoms. The predicted octanol–water partition coefficient (Wildman–Crippen LogP) is 4.99. The SMILES string of the molecule is C#CN=C/C(=C\C)c1nc2cc(C(=O)N3CCCCC3)ccc2nc1-c1ccccc1. The van der Waals surface area contributed by atoms with Gasteiger partial charge < -0.3 is 4.90 Å². The van der Waals surface area contributed by atoms with Gasteiger partial charge in [0.1, 0.15) is 0 Å². The fourth-order valence-electron chi connectivity index (χ4n) is 3.84. The summed E-state index contributed by atoms with van der Waals surface area (Å²) < 4.78 is 0. The normalized spacial score (nSPS) is 14.7. The zero-order valence-corrected chi connectivity index (χ0v) is 17.6. The Hall–Kier alpha value is -3.78. The van der Waals surface area contributed by atoms with Crippen molar-refractivity contribution in [3.63, 3.8) is 0 Å². The van der Waals surface area contributed by atoms with Crippen molar-refractivity contribution in [1.29, 1.82) is 0 Å². The maximum atomic E-state index is 13.0. The molecule has 1 amide bonds. The van der Waals surface area contributed by atoms with E-state index in [0.717, 1.165) is 48.3 Å². The predicted molar refractivity (Wildman–Crippen MR) is 126 cm³/mol. The van der Waals surface area contributed by atoms with Crippen molar-refractivity contribution in [2.24, 2.45) is 4.99 Å². The number of benzene rings is 2. The van der Waals surface area contributed by atoms with E-state index in [-0.39, 0.29) is 5.91 Å². The van der Waals surface area contributed by atoms with Crippen molar-refractivity contribution in [2.45, 2.75) is 26.2 Å². The van der Waals surface area contributed by atoms with Gasteiger partial charge in [0, 0.05) is 42.0 Å². The van der Waals surface area contributed by atoms with Gasteiger partial charge in [0.25, 0.3) is 5.91 Å². The van der Waals surface area contributed by atoms with Gasteiger partial charge in [-0.3, -0.25) is 4.79 Å². The van der Waals surface area contributed by atoms with Gasteiger partial charge in [-0.25, -0.2) is 15.0 Å². The molecule has 1 aliphatic rings. The summed E-state index contributed by atoms with van der Waals surface area (Å²) in [5.41, 5.74) is 5.21. The number of hydrogen-bond acceptors (Lipinski definition) is 4. The minimum absolute atomic E-state index is 0.0530. The summed E-state index contributed by atoms with van der Waals surface area (Å²) in [4.78, 5) is 28.6. The monoisotopic (exact) mass is 408 g/mol. The van der Waals surface area contributed by atoms with Gasteiger partial charge in [0.2, 0.25) is 0 Å². The number of nitrogens with zero attached hydrogens (tertiary/aromatic N) is 4. The fourth-order valence-corrected chi connectivity index (χ4v) is 3.84. The summed E-state index contributed by atoms with van der Waals surface area (Å²) in [6, 6.07) is 17.7. The van der Waals surface area contributed by atoms with E-state index in [2.05, 4.69) is 11.0 Å². The molecular formula is C26H24N4O. The minimum atomic E-state index is 0.0530. The maximum Gasteiger partial charge on any atom is 0.253 e. The summed E-state index contributed by atoms with van der Waals surface area (Å²) in [7, 11) is 0. The summed E-state index contributed by atoms with van der Waals surface area (Å²) in [5.74, 6) is 0.0530. The Balaban J connectivity index is 1.84. The smallest absolute Gasteiger partial charge is 0.253 e. The summed E-state index contributed by atoms with van der Waals surface area (Å²) in [5, 5.41) is 0. The maximum absolute atomic E-state index is 13.0. The average molecular weight is 409 g/mol. The third kappa shape index (κ3) is 4.39. The lowest BCUT2D eigenvalue weighted by Crippen LogP contribution is -2.35.